The highest BCUT2D eigenvalue weighted by molar-refractivity contribution is 5.80. The average molecular weight is 826 g/mol. The second kappa shape index (κ2) is 37.1. The van der Waals surface area contributed by atoms with Crippen LogP contribution in [0.1, 0.15) is 187 Å². The summed E-state index contributed by atoms with van der Waals surface area (Å²) < 4.78 is 11.1. The Labute approximate surface area is 352 Å². The van der Waals surface area contributed by atoms with E-state index in [1.165, 1.54) is 89.9 Å². The van der Waals surface area contributed by atoms with Crippen molar-refractivity contribution in [2.24, 2.45) is 0 Å². The van der Waals surface area contributed by atoms with Gasteiger partial charge in [-0.2, -0.15) is 0 Å². The summed E-state index contributed by atoms with van der Waals surface area (Å²) in [5.74, 6) is -0.721. The minimum absolute atomic E-state index is 0.236. The van der Waals surface area contributed by atoms with Gasteiger partial charge in [0.15, 0.2) is 6.29 Å². The van der Waals surface area contributed by atoms with Crippen LogP contribution in [0.25, 0.3) is 0 Å². The first kappa shape index (κ1) is 54.3. The van der Waals surface area contributed by atoms with Crippen LogP contribution in [0, 0.1) is 0 Å². The summed E-state index contributed by atoms with van der Waals surface area (Å²) in [6.07, 6.45) is 30.5. The number of aliphatic hydroxyl groups is 7. The summed E-state index contributed by atoms with van der Waals surface area (Å²) in [4.78, 5) is 13.1. The highest BCUT2D eigenvalue weighted by atomic mass is 16.7. The van der Waals surface area contributed by atoms with Crippen LogP contribution in [0.3, 0.4) is 0 Å². The summed E-state index contributed by atoms with van der Waals surface area (Å²) in [5, 5.41) is 75.6. The maximum absolute atomic E-state index is 13.1. The SMILES string of the molecule is CCCCCCC/C=C/CC/C=C/CCCC(O)C(O)C(COC1OC(CO)C(O)C(O)C1O)NC(=O)C(O)CCCCCC/C=C\CCCCCCCCCCC. The average Bonchev–Trinajstić information content (AvgIpc) is 3.22. The number of nitrogens with one attached hydrogen (secondary N) is 1. The van der Waals surface area contributed by atoms with Crippen molar-refractivity contribution >= 4 is 5.91 Å². The van der Waals surface area contributed by atoms with E-state index in [9.17, 15) is 40.5 Å². The number of allylic oxidation sites excluding steroid dienone is 6. The fourth-order valence-electron chi connectivity index (χ4n) is 7.21. The molecule has 1 aliphatic heterocycles. The van der Waals surface area contributed by atoms with Gasteiger partial charge in [0.1, 0.15) is 36.6 Å². The molecule has 0 radical (unpaired) electrons. The van der Waals surface area contributed by atoms with E-state index < -0.39 is 74.2 Å². The first-order valence-corrected chi connectivity index (χ1v) is 23.4. The number of rotatable bonds is 38. The molecule has 9 unspecified atom stereocenters. The van der Waals surface area contributed by atoms with Crippen molar-refractivity contribution in [3.8, 4) is 0 Å². The topological polar surface area (TPSA) is 189 Å². The monoisotopic (exact) mass is 826 g/mol. The second-order valence-electron chi connectivity index (χ2n) is 16.5. The van der Waals surface area contributed by atoms with E-state index in [0.717, 1.165) is 51.4 Å². The summed E-state index contributed by atoms with van der Waals surface area (Å²) in [6.45, 7) is 3.39. The van der Waals surface area contributed by atoms with Crippen LogP contribution in [0.15, 0.2) is 36.5 Å². The third-order valence-electron chi connectivity index (χ3n) is 11.1. The van der Waals surface area contributed by atoms with Crippen LogP contribution >= 0.6 is 0 Å². The van der Waals surface area contributed by atoms with E-state index in [1.807, 2.05) is 0 Å². The van der Waals surface area contributed by atoms with Crippen LogP contribution < -0.4 is 5.32 Å². The molecule has 1 amide bonds. The molecule has 0 aromatic rings. The molecule has 11 nitrogen and oxygen atoms in total. The summed E-state index contributed by atoms with van der Waals surface area (Å²) in [5.41, 5.74) is 0. The van der Waals surface area contributed by atoms with Gasteiger partial charge in [-0.05, 0) is 77.0 Å². The molecule has 58 heavy (non-hydrogen) atoms. The lowest BCUT2D eigenvalue weighted by Gasteiger charge is -2.40. The molecule has 9 atom stereocenters. The minimum atomic E-state index is -1.67. The quantitative estimate of drug-likeness (QED) is 0.0227. The normalized spacial score (nSPS) is 22.3. The molecular weight excluding hydrogens is 739 g/mol. The second-order valence-corrected chi connectivity index (χ2v) is 16.5. The van der Waals surface area contributed by atoms with E-state index in [0.29, 0.717) is 19.3 Å². The maximum Gasteiger partial charge on any atom is 0.249 e. The molecule has 0 saturated carbocycles. The molecule has 0 aliphatic carbocycles. The van der Waals surface area contributed by atoms with E-state index >= 15 is 0 Å². The fourth-order valence-corrected chi connectivity index (χ4v) is 7.21. The number of ether oxygens (including phenoxy) is 2. The number of hydrogen-bond acceptors (Lipinski definition) is 10. The van der Waals surface area contributed by atoms with Crippen LogP contribution in [0.4, 0.5) is 0 Å². The molecule has 1 heterocycles. The summed E-state index contributed by atoms with van der Waals surface area (Å²) in [7, 11) is 0. The van der Waals surface area contributed by atoms with Crippen molar-refractivity contribution in [3.05, 3.63) is 36.5 Å². The largest absolute Gasteiger partial charge is 0.394 e. The van der Waals surface area contributed by atoms with E-state index in [4.69, 9.17) is 9.47 Å². The van der Waals surface area contributed by atoms with Crippen LogP contribution in [-0.4, -0.2) is 110 Å². The Balaban J connectivity index is 2.49. The predicted molar refractivity (Wildman–Crippen MR) is 233 cm³/mol. The number of unbranched alkanes of at least 4 members (excludes halogenated alkanes) is 20. The number of amides is 1. The molecule has 0 aromatic heterocycles. The van der Waals surface area contributed by atoms with Gasteiger partial charge < -0.3 is 50.5 Å². The van der Waals surface area contributed by atoms with E-state index in [1.54, 1.807) is 0 Å². The van der Waals surface area contributed by atoms with Crippen LogP contribution in [0.2, 0.25) is 0 Å². The highest BCUT2D eigenvalue weighted by Crippen LogP contribution is 2.23. The first-order valence-electron chi connectivity index (χ1n) is 23.4. The summed E-state index contributed by atoms with van der Waals surface area (Å²) >= 11 is 0. The lowest BCUT2D eigenvalue weighted by atomic mass is 9.98. The van der Waals surface area contributed by atoms with Crippen molar-refractivity contribution in [2.75, 3.05) is 13.2 Å². The third kappa shape index (κ3) is 26.5. The fraction of sp³-hybridized carbons (Fsp3) is 0.851. The van der Waals surface area contributed by atoms with Gasteiger partial charge in [-0.3, -0.25) is 4.79 Å². The Kier molecular flexibility index (Phi) is 34.8. The van der Waals surface area contributed by atoms with Gasteiger partial charge in [0, 0.05) is 0 Å². The van der Waals surface area contributed by atoms with Gasteiger partial charge in [0.2, 0.25) is 5.91 Å². The van der Waals surface area contributed by atoms with E-state index in [2.05, 4.69) is 55.6 Å². The standard InChI is InChI=1S/C47H87NO10/c1-3-5-7-9-11-13-15-17-19-20-21-23-25-27-29-31-33-35-40(51)46(56)48-38(37-57-47-45(55)44(54)43(53)41(36-49)58-47)42(52)39(50)34-32-30-28-26-24-22-18-16-14-12-10-8-6-4-2/h16,18,21,23,26,28,38-45,47,49-55H,3-15,17,19-20,22,24-25,27,29-37H2,1-2H3,(H,48,56)/b18-16+,23-21-,28-26+. The molecule has 1 rings (SSSR count). The van der Waals surface area contributed by atoms with Crippen molar-refractivity contribution in [1.29, 1.82) is 0 Å². The van der Waals surface area contributed by atoms with Gasteiger partial charge in [-0.1, -0.05) is 147 Å². The van der Waals surface area contributed by atoms with Crippen LogP contribution in [-0.2, 0) is 14.3 Å². The third-order valence-corrected chi connectivity index (χ3v) is 11.1. The molecule has 1 aliphatic rings. The Morgan fingerprint density at radius 3 is 1.53 bits per heavy atom. The number of carbonyl (C=O) groups excluding carboxylic acids is 1. The van der Waals surface area contributed by atoms with Gasteiger partial charge >= 0.3 is 0 Å². The zero-order chi connectivity index (χ0) is 42.6. The van der Waals surface area contributed by atoms with Crippen molar-refractivity contribution in [3.63, 3.8) is 0 Å². The number of carbonyl (C=O) groups is 1. The molecule has 1 fully saturated rings. The zero-order valence-electron chi connectivity index (χ0n) is 36.5. The van der Waals surface area contributed by atoms with Gasteiger partial charge in [-0.25, -0.2) is 0 Å². The smallest absolute Gasteiger partial charge is 0.249 e. The first-order chi connectivity index (χ1) is 28.2. The lowest BCUT2D eigenvalue weighted by molar-refractivity contribution is -0.303. The Hall–Kier alpha value is -1.67. The Morgan fingerprint density at radius 2 is 1.03 bits per heavy atom. The van der Waals surface area contributed by atoms with Crippen molar-refractivity contribution in [1.82, 2.24) is 5.32 Å². The highest BCUT2D eigenvalue weighted by Gasteiger charge is 2.44. The zero-order valence-corrected chi connectivity index (χ0v) is 36.5. The maximum atomic E-state index is 13.1. The molecule has 0 spiro atoms. The molecule has 340 valence electrons. The number of aliphatic hydroxyl groups excluding tert-OH is 7. The Bertz CT molecular complexity index is 1040. The van der Waals surface area contributed by atoms with Gasteiger partial charge in [-0.15, -0.1) is 0 Å². The molecule has 8 N–H and O–H groups in total. The minimum Gasteiger partial charge on any atom is -0.394 e. The molecular formula is C47H87NO10. The van der Waals surface area contributed by atoms with E-state index in [-0.39, 0.29) is 12.8 Å². The molecule has 0 bridgehead atoms. The van der Waals surface area contributed by atoms with Crippen LogP contribution in [0.5, 0.6) is 0 Å². The summed E-state index contributed by atoms with van der Waals surface area (Å²) in [6, 6.07) is -1.19. The Morgan fingerprint density at radius 1 is 0.586 bits per heavy atom. The van der Waals surface area contributed by atoms with Gasteiger partial charge in [0.05, 0.1) is 25.4 Å². The predicted octanol–water partition coefficient (Wildman–Crippen LogP) is 7.61. The van der Waals surface area contributed by atoms with Crippen molar-refractivity contribution in [2.45, 2.75) is 242 Å². The number of hydrogen-bond donors (Lipinski definition) is 8. The lowest BCUT2D eigenvalue weighted by Crippen LogP contribution is -2.60. The molecule has 1 saturated heterocycles. The van der Waals surface area contributed by atoms with Gasteiger partial charge in [0.25, 0.3) is 0 Å². The molecule has 11 heteroatoms. The molecule has 0 aromatic carbocycles. The van der Waals surface area contributed by atoms with Crippen molar-refractivity contribution < 1.29 is 50.0 Å².